The van der Waals surface area contributed by atoms with Gasteiger partial charge < -0.3 is 9.47 Å². The molecule has 0 saturated carbocycles. The molecule has 0 aliphatic carbocycles. The Hall–Kier alpha value is -4.52. The van der Waals surface area contributed by atoms with Crippen LogP contribution in [0, 0.1) is 10.1 Å². The number of methoxy groups -OCH3 is 1. The molecule has 0 unspecified atom stereocenters. The first-order valence-electron chi connectivity index (χ1n) is 10.2. The number of hydrogen-bond donors (Lipinski definition) is 0. The molecule has 0 aliphatic heterocycles. The number of hydrogen-bond acceptors (Lipinski definition) is 6. The van der Waals surface area contributed by atoms with E-state index in [1.165, 1.54) is 13.2 Å². The summed E-state index contributed by atoms with van der Waals surface area (Å²) in [5.74, 6) is 0.317. The van der Waals surface area contributed by atoms with Crippen LogP contribution >= 0.6 is 0 Å². The van der Waals surface area contributed by atoms with Gasteiger partial charge in [0.05, 0.1) is 34.2 Å². The zero-order valence-corrected chi connectivity index (χ0v) is 17.8. The molecule has 7 nitrogen and oxygen atoms in total. The van der Waals surface area contributed by atoms with Crippen LogP contribution in [-0.2, 0) is 11.3 Å². The lowest BCUT2D eigenvalue weighted by Gasteiger charge is -2.10. The molecule has 0 saturated heterocycles. The van der Waals surface area contributed by atoms with Gasteiger partial charge in [0.15, 0.2) is 0 Å². The third kappa shape index (κ3) is 5.04. The van der Waals surface area contributed by atoms with E-state index >= 15 is 0 Å². The number of nitro groups is 1. The van der Waals surface area contributed by atoms with E-state index in [0.717, 1.165) is 11.1 Å². The van der Waals surface area contributed by atoms with E-state index in [-0.39, 0.29) is 11.7 Å². The lowest BCUT2D eigenvalue weighted by atomic mass is 10.1. The first kappa shape index (κ1) is 21.7. The highest BCUT2D eigenvalue weighted by Gasteiger charge is 2.11. The highest BCUT2D eigenvalue weighted by Crippen LogP contribution is 2.26. The number of rotatable bonds is 7. The second-order valence-electron chi connectivity index (χ2n) is 7.19. The Morgan fingerprint density at radius 2 is 1.76 bits per heavy atom. The molecule has 0 fully saturated rings. The minimum Gasteiger partial charge on any atom is -0.488 e. The van der Waals surface area contributed by atoms with Crippen LogP contribution < -0.4 is 4.74 Å². The number of pyridine rings is 1. The van der Waals surface area contributed by atoms with E-state index in [9.17, 15) is 14.9 Å². The zero-order chi connectivity index (χ0) is 23.2. The number of aromatic nitrogens is 1. The number of benzene rings is 3. The summed E-state index contributed by atoms with van der Waals surface area (Å²) in [5, 5.41) is 11.7. The van der Waals surface area contributed by atoms with E-state index in [0.29, 0.717) is 34.5 Å². The number of non-ortho nitro benzene ring substituents is 1. The Kier molecular flexibility index (Phi) is 6.40. The molecule has 0 N–H and O–H groups in total. The highest BCUT2D eigenvalue weighted by atomic mass is 16.6. The Labute approximate surface area is 190 Å². The van der Waals surface area contributed by atoms with Crippen LogP contribution in [0.2, 0.25) is 0 Å². The number of para-hydroxylation sites is 1. The Bertz CT molecular complexity index is 1350. The molecular weight excluding hydrogens is 420 g/mol. The van der Waals surface area contributed by atoms with Gasteiger partial charge in [-0.3, -0.25) is 10.1 Å². The van der Waals surface area contributed by atoms with Crippen molar-refractivity contribution < 1.29 is 19.2 Å². The molecule has 4 aromatic rings. The number of carbonyl (C=O) groups excluding carboxylic acids is 1. The molecule has 1 heterocycles. The van der Waals surface area contributed by atoms with Crippen molar-refractivity contribution in [2.24, 2.45) is 0 Å². The van der Waals surface area contributed by atoms with Gasteiger partial charge in [0.25, 0.3) is 5.69 Å². The lowest BCUT2D eigenvalue weighted by molar-refractivity contribution is -0.383. The first-order chi connectivity index (χ1) is 16.0. The fourth-order valence-corrected chi connectivity index (χ4v) is 3.35. The van der Waals surface area contributed by atoms with Crippen molar-refractivity contribution in [2.75, 3.05) is 7.11 Å². The average Bonchev–Trinajstić information content (AvgIpc) is 2.85. The highest BCUT2D eigenvalue weighted by molar-refractivity contribution is 5.89. The molecule has 0 bridgehead atoms. The van der Waals surface area contributed by atoms with Gasteiger partial charge in [-0.1, -0.05) is 36.4 Å². The van der Waals surface area contributed by atoms with Crippen molar-refractivity contribution in [2.45, 2.75) is 6.61 Å². The fraction of sp³-hybridized carbons (Fsp3) is 0.0769. The molecule has 1 aromatic heterocycles. The Morgan fingerprint density at radius 3 is 2.52 bits per heavy atom. The van der Waals surface area contributed by atoms with Crippen LogP contribution in [0.5, 0.6) is 5.75 Å². The van der Waals surface area contributed by atoms with Gasteiger partial charge in [-0.05, 0) is 54.1 Å². The van der Waals surface area contributed by atoms with Crippen LogP contribution in [0.25, 0.3) is 23.1 Å². The number of carbonyl (C=O) groups is 1. The van der Waals surface area contributed by atoms with Gasteiger partial charge in [0.2, 0.25) is 0 Å². The second-order valence-corrected chi connectivity index (χ2v) is 7.19. The molecule has 33 heavy (non-hydrogen) atoms. The van der Waals surface area contributed by atoms with Crippen LogP contribution in [-0.4, -0.2) is 23.0 Å². The molecule has 164 valence electrons. The molecule has 0 radical (unpaired) electrons. The predicted molar refractivity (Wildman–Crippen MR) is 126 cm³/mol. The quantitative estimate of drug-likeness (QED) is 0.209. The van der Waals surface area contributed by atoms with E-state index in [1.807, 2.05) is 48.6 Å². The predicted octanol–water partition coefficient (Wildman–Crippen LogP) is 5.68. The van der Waals surface area contributed by atoms with Gasteiger partial charge in [-0.15, -0.1) is 0 Å². The molecular formula is C26H20N2O5. The van der Waals surface area contributed by atoms with E-state index in [1.54, 1.807) is 36.4 Å². The lowest BCUT2D eigenvalue weighted by Crippen LogP contribution is -2.02. The summed E-state index contributed by atoms with van der Waals surface area (Å²) >= 11 is 0. The van der Waals surface area contributed by atoms with E-state index < -0.39 is 4.92 Å². The van der Waals surface area contributed by atoms with Crippen LogP contribution in [0.15, 0.2) is 78.9 Å². The van der Waals surface area contributed by atoms with Crippen molar-refractivity contribution in [3.8, 4) is 5.75 Å². The number of ether oxygens (including phenoxy) is 2. The summed E-state index contributed by atoms with van der Waals surface area (Å²) in [7, 11) is 1.35. The summed E-state index contributed by atoms with van der Waals surface area (Å²) in [6.07, 6.45) is 3.73. The third-order valence-corrected chi connectivity index (χ3v) is 5.05. The fourth-order valence-electron chi connectivity index (χ4n) is 3.35. The number of esters is 1. The van der Waals surface area contributed by atoms with Crippen molar-refractivity contribution in [3.63, 3.8) is 0 Å². The summed E-state index contributed by atoms with van der Waals surface area (Å²) in [6.45, 7) is 0.337. The molecule has 0 amide bonds. The van der Waals surface area contributed by atoms with E-state index in [4.69, 9.17) is 9.47 Å². The zero-order valence-electron chi connectivity index (χ0n) is 17.8. The topological polar surface area (TPSA) is 91.6 Å². The minimum atomic E-state index is -0.407. The second kappa shape index (κ2) is 9.74. The number of nitrogens with zero attached hydrogens (tertiary/aromatic N) is 2. The summed E-state index contributed by atoms with van der Waals surface area (Å²) in [6, 6.07) is 23.0. The maximum atomic E-state index is 11.6. The molecule has 0 aliphatic rings. The maximum absolute atomic E-state index is 11.6. The Morgan fingerprint density at radius 1 is 0.970 bits per heavy atom. The summed E-state index contributed by atoms with van der Waals surface area (Å²) in [5.41, 5.74) is 3.54. The van der Waals surface area contributed by atoms with Crippen LogP contribution in [0.3, 0.4) is 0 Å². The largest absolute Gasteiger partial charge is 0.488 e. The molecule has 4 rings (SSSR count). The minimum absolute atomic E-state index is 0.0360. The standard InChI is InChI=1S/C26H20N2O5/c1-32-26(29)20-11-9-18(10-12-20)17-33-25-8-3-2-5-19(25)13-14-21-15-16-22-23(27-21)6-4-7-24(22)28(30)31/h2-16H,17H2,1H3. The monoisotopic (exact) mass is 440 g/mol. The molecule has 0 atom stereocenters. The molecule has 0 spiro atoms. The van der Waals surface area contributed by atoms with Gasteiger partial charge in [-0.2, -0.15) is 0 Å². The normalized spacial score (nSPS) is 10.9. The van der Waals surface area contributed by atoms with Crippen molar-refractivity contribution in [3.05, 3.63) is 111 Å². The SMILES string of the molecule is COC(=O)c1ccc(COc2ccccc2C=Cc2ccc3c([N+](=O)[O-])cccc3n2)cc1. The van der Waals surface area contributed by atoms with Gasteiger partial charge in [-0.25, -0.2) is 9.78 Å². The summed E-state index contributed by atoms with van der Waals surface area (Å²) < 4.78 is 10.7. The number of nitro benzene ring substituents is 1. The summed E-state index contributed by atoms with van der Waals surface area (Å²) in [4.78, 5) is 26.9. The molecule has 3 aromatic carbocycles. The number of fused-ring (bicyclic) bond motifs is 1. The van der Waals surface area contributed by atoms with Crippen molar-refractivity contribution >= 4 is 34.7 Å². The van der Waals surface area contributed by atoms with E-state index in [2.05, 4.69) is 4.98 Å². The smallest absolute Gasteiger partial charge is 0.337 e. The Balaban J connectivity index is 1.50. The van der Waals surface area contributed by atoms with Crippen molar-refractivity contribution in [1.82, 2.24) is 4.98 Å². The van der Waals surface area contributed by atoms with Gasteiger partial charge in [0, 0.05) is 11.6 Å². The third-order valence-electron chi connectivity index (χ3n) is 5.05. The van der Waals surface area contributed by atoms with Crippen LogP contribution in [0.4, 0.5) is 5.69 Å². The van der Waals surface area contributed by atoms with Gasteiger partial charge >= 0.3 is 5.97 Å². The first-order valence-corrected chi connectivity index (χ1v) is 10.2. The van der Waals surface area contributed by atoms with Gasteiger partial charge in [0.1, 0.15) is 12.4 Å². The van der Waals surface area contributed by atoms with Crippen LogP contribution in [0.1, 0.15) is 27.2 Å². The van der Waals surface area contributed by atoms with Crippen molar-refractivity contribution in [1.29, 1.82) is 0 Å². The average molecular weight is 440 g/mol. The molecule has 7 heteroatoms. The maximum Gasteiger partial charge on any atom is 0.337 e.